The molecule has 0 spiro atoms. The molecular formula is C18H13ClN4O3S. The number of imidazole rings is 1. The Morgan fingerprint density at radius 1 is 1.30 bits per heavy atom. The Balaban J connectivity index is 1.69. The van der Waals surface area contributed by atoms with E-state index < -0.39 is 10.8 Å². The lowest BCUT2D eigenvalue weighted by atomic mass is 10.1. The maximum absolute atomic E-state index is 12.7. The highest BCUT2D eigenvalue weighted by Crippen LogP contribution is 2.33. The molecule has 136 valence electrons. The lowest BCUT2D eigenvalue weighted by Crippen LogP contribution is -2.14. The Hall–Kier alpha value is -2.84. The fourth-order valence-electron chi connectivity index (χ4n) is 2.89. The van der Waals surface area contributed by atoms with E-state index in [0.29, 0.717) is 5.69 Å². The average Bonchev–Trinajstić information content (AvgIpc) is 3.23. The number of hydrogen-bond acceptors (Lipinski definition) is 5. The number of nitro groups is 1. The minimum atomic E-state index is -0.603. The number of para-hydroxylation sites is 1. The number of halogens is 1. The Labute approximate surface area is 163 Å². The molecule has 0 atom stereocenters. The van der Waals surface area contributed by atoms with Gasteiger partial charge in [-0.05, 0) is 18.2 Å². The summed E-state index contributed by atoms with van der Waals surface area (Å²) in [5.41, 5.74) is 1.63. The molecule has 9 heteroatoms. The molecule has 0 saturated carbocycles. The summed E-state index contributed by atoms with van der Waals surface area (Å²) in [7, 11) is 0. The predicted octanol–water partition coefficient (Wildman–Crippen LogP) is 4.47. The lowest BCUT2D eigenvalue weighted by molar-refractivity contribution is -0.385. The van der Waals surface area contributed by atoms with Crippen molar-refractivity contribution in [1.29, 1.82) is 0 Å². The van der Waals surface area contributed by atoms with Crippen molar-refractivity contribution in [2.75, 3.05) is 11.1 Å². The smallest absolute Gasteiger partial charge is 0.282 e. The number of anilines is 1. The molecule has 0 unspecified atom stereocenters. The standard InChI is InChI=1S/C18H13ClN4O3S/c19-11-5-6-16(23(25)26)13(9-11)17(24)20-14-4-2-1-3-12(14)15-10-22-7-8-27-18(22)21-15/h1-6,9-10H,7-8H2,(H,20,24). The molecule has 1 aliphatic rings. The van der Waals surface area contributed by atoms with E-state index in [2.05, 4.69) is 14.9 Å². The van der Waals surface area contributed by atoms with Crippen LogP contribution < -0.4 is 5.32 Å². The number of fused-ring (bicyclic) bond motifs is 1. The number of nitrogens with one attached hydrogen (secondary N) is 1. The van der Waals surface area contributed by atoms with Crippen molar-refractivity contribution in [2.24, 2.45) is 0 Å². The highest BCUT2D eigenvalue weighted by molar-refractivity contribution is 7.99. The topological polar surface area (TPSA) is 90.1 Å². The first-order valence-corrected chi connectivity index (χ1v) is 9.44. The molecule has 0 radical (unpaired) electrons. The van der Waals surface area contributed by atoms with Crippen LogP contribution in [0.1, 0.15) is 10.4 Å². The summed E-state index contributed by atoms with van der Waals surface area (Å²) in [5, 5.41) is 15.2. The van der Waals surface area contributed by atoms with Crippen LogP contribution in [0.4, 0.5) is 11.4 Å². The Morgan fingerprint density at radius 3 is 2.89 bits per heavy atom. The van der Waals surface area contributed by atoms with E-state index in [1.807, 2.05) is 18.3 Å². The molecule has 7 nitrogen and oxygen atoms in total. The number of aryl methyl sites for hydroxylation is 1. The largest absolute Gasteiger partial charge is 0.325 e. The Bertz CT molecular complexity index is 1050. The molecule has 0 aliphatic carbocycles. The maximum Gasteiger partial charge on any atom is 0.282 e. The van der Waals surface area contributed by atoms with Crippen molar-refractivity contribution in [3.8, 4) is 11.3 Å². The normalized spacial score (nSPS) is 12.6. The van der Waals surface area contributed by atoms with E-state index >= 15 is 0 Å². The molecule has 4 rings (SSSR count). The van der Waals surface area contributed by atoms with E-state index in [-0.39, 0.29) is 16.3 Å². The van der Waals surface area contributed by atoms with E-state index in [0.717, 1.165) is 28.7 Å². The van der Waals surface area contributed by atoms with Gasteiger partial charge in [-0.1, -0.05) is 41.6 Å². The zero-order chi connectivity index (χ0) is 19.0. The number of nitro benzene ring substituents is 1. The van der Waals surface area contributed by atoms with Crippen LogP contribution in [0.15, 0.2) is 53.8 Å². The third-order valence-corrected chi connectivity index (χ3v) is 5.36. The predicted molar refractivity (Wildman–Crippen MR) is 104 cm³/mol. The highest BCUT2D eigenvalue weighted by Gasteiger charge is 2.22. The molecule has 1 aromatic heterocycles. The molecule has 1 amide bonds. The number of amides is 1. The number of aromatic nitrogens is 2. The third-order valence-electron chi connectivity index (χ3n) is 4.15. The number of carbonyl (C=O) groups excluding carboxylic acids is 1. The fourth-order valence-corrected chi connectivity index (χ4v) is 4.01. The minimum Gasteiger partial charge on any atom is -0.325 e. The number of thioether (sulfide) groups is 1. The molecule has 0 fully saturated rings. The van der Waals surface area contributed by atoms with Crippen LogP contribution >= 0.6 is 23.4 Å². The molecule has 1 N–H and O–H groups in total. The van der Waals surface area contributed by atoms with Crippen LogP contribution in [0.5, 0.6) is 0 Å². The average molecular weight is 401 g/mol. The molecule has 3 aromatic rings. The van der Waals surface area contributed by atoms with Gasteiger partial charge in [-0.2, -0.15) is 0 Å². The summed E-state index contributed by atoms with van der Waals surface area (Å²) in [4.78, 5) is 27.9. The summed E-state index contributed by atoms with van der Waals surface area (Å²) < 4.78 is 2.07. The van der Waals surface area contributed by atoms with Gasteiger partial charge in [-0.15, -0.1) is 0 Å². The van der Waals surface area contributed by atoms with Gasteiger partial charge in [0.2, 0.25) is 0 Å². The van der Waals surface area contributed by atoms with Gasteiger partial charge in [-0.25, -0.2) is 4.98 Å². The SMILES string of the molecule is O=C(Nc1ccccc1-c1cn2c(n1)SCC2)c1cc(Cl)ccc1[N+](=O)[O-]. The zero-order valence-electron chi connectivity index (χ0n) is 13.9. The van der Waals surface area contributed by atoms with Crippen molar-refractivity contribution >= 4 is 40.6 Å². The van der Waals surface area contributed by atoms with Gasteiger partial charge in [0.25, 0.3) is 11.6 Å². The third kappa shape index (κ3) is 3.41. The van der Waals surface area contributed by atoms with Crippen LogP contribution in [0.3, 0.4) is 0 Å². The van der Waals surface area contributed by atoms with Gasteiger partial charge in [-0.3, -0.25) is 14.9 Å². The monoisotopic (exact) mass is 400 g/mol. The summed E-state index contributed by atoms with van der Waals surface area (Å²) in [6.07, 6.45) is 1.95. The molecule has 2 aromatic carbocycles. The van der Waals surface area contributed by atoms with Gasteiger partial charge >= 0.3 is 0 Å². The molecule has 0 saturated heterocycles. The van der Waals surface area contributed by atoms with Gasteiger partial charge in [0, 0.05) is 35.1 Å². The van der Waals surface area contributed by atoms with Gasteiger partial charge in [0.05, 0.1) is 16.3 Å². The van der Waals surface area contributed by atoms with Gasteiger partial charge in [0.1, 0.15) is 5.56 Å². The second kappa shape index (κ2) is 7.05. The van der Waals surface area contributed by atoms with Crippen LogP contribution in [0.2, 0.25) is 5.02 Å². The number of benzene rings is 2. The van der Waals surface area contributed by atoms with Crippen LogP contribution in [0.25, 0.3) is 11.3 Å². The number of nitrogens with zero attached hydrogens (tertiary/aromatic N) is 3. The Morgan fingerprint density at radius 2 is 2.11 bits per heavy atom. The maximum atomic E-state index is 12.7. The van der Waals surface area contributed by atoms with Crippen LogP contribution in [-0.2, 0) is 6.54 Å². The second-order valence-corrected chi connectivity index (χ2v) is 7.37. The molecule has 0 bridgehead atoms. The van der Waals surface area contributed by atoms with E-state index in [9.17, 15) is 14.9 Å². The van der Waals surface area contributed by atoms with Crippen molar-refractivity contribution < 1.29 is 9.72 Å². The number of hydrogen-bond donors (Lipinski definition) is 1. The quantitative estimate of drug-likeness (QED) is 0.515. The van der Waals surface area contributed by atoms with Crippen molar-refractivity contribution in [2.45, 2.75) is 11.7 Å². The van der Waals surface area contributed by atoms with Gasteiger partial charge in [0.15, 0.2) is 5.16 Å². The molecule has 1 aliphatic heterocycles. The minimum absolute atomic E-state index is 0.0924. The first-order valence-electron chi connectivity index (χ1n) is 8.07. The van der Waals surface area contributed by atoms with Crippen LogP contribution in [-0.4, -0.2) is 26.1 Å². The first-order chi connectivity index (χ1) is 13.0. The number of carbonyl (C=O) groups is 1. The molecule has 27 heavy (non-hydrogen) atoms. The highest BCUT2D eigenvalue weighted by atomic mass is 35.5. The first kappa shape index (κ1) is 17.6. The summed E-state index contributed by atoms with van der Waals surface area (Å²) in [6, 6.07) is 11.1. The summed E-state index contributed by atoms with van der Waals surface area (Å²) in [6.45, 7) is 0.899. The Kier molecular flexibility index (Phi) is 4.59. The van der Waals surface area contributed by atoms with E-state index in [4.69, 9.17) is 11.6 Å². The van der Waals surface area contributed by atoms with Crippen LogP contribution in [0, 0.1) is 10.1 Å². The van der Waals surface area contributed by atoms with Crippen molar-refractivity contribution in [3.05, 3.63) is 69.4 Å². The summed E-state index contributed by atoms with van der Waals surface area (Å²) in [5.74, 6) is 0.400. The fraction of sp³-hybridized carbons (Fsp3) is 0.111. The van der Waals surface area contributed by atoms with Gasteiger partial charge < -0.3 is 9.88 Å². The zero-order valence-corrected chi connectivity index (χ0v) is 15.5. The van der Waals surface area contributed by atoms with Crippen molar-refractivity contribution in [1.82, 2.24) is 9.55 Å². The van der Waals surface area contributed by atoms with Crippen molar-refractivity contribution in [3.63, 3.8) is 0 Å². The van der Waals surface area contributed by atoms with E-state index in [1.165, 1.54) is 18.2 Å². The molecule has 2 heterocycles. The lowest BCUT2D eigenvalue weighted by Gasteiger charge is -2.10. The van der Waals surface area contributed by atoms with E-state index in [1.54, 1.807) is 23.9 Å². The molecular weight excluding hydrogens is 388 g/mol. The number of rotatable bonds is 4. The second-order valence-electron chi connectivity index (χ2n) is 5.87. The summed E-state index contributed by atoms with van der Waals surface area (Å²) >= 11 is 7.60.